The Morgan fingerprint density at radius 1 is 1.24 bits per heavy atom. The van der Waals surface area contributed by atoms with Crippen molar-refractivity contribution in [2.75, 3.05) is 7.11 Å². The SMILES string of the molecule is COc1cc(C)c(-c2ccc(C=O)cc2)cn1. The minimum atomic E-state index is 0.607. The van der Waals surface area contributed by atoms with Crippen molar-refractivity contribution in [1.82, 2.24) is 4.98 Å². The van der Waals surface area contributed by atoms with Gasteiger partial charge in [-0.2, -0.15) is 0 Å². The molecule has 0 amide bonds. The number of benzene rings is 1. The Kier molecular flexibility index (Phi) is 3.19. The fraction of sp³-hybridized carbons (Fsp3) is 0.143. The monoisotopic (exact) mass is 227 g/mol. The molecule has 86 valence electrons. The van der Waals surface area contributed by atoms with Crippen LogP contribution in [-0.2, 0) is 0 Å². The Labute approximate surface area is 100 Å². The van der Waals surface area contributed by atoms with Crippen molar-refractivity contribution < 1.29 is 9.53 Å². The van der Waals surface area contributed by atoms with Gasteiger partial charge in [0.1, 0.15) is 6.29 Å². The van der Waals surface area contributed by atoms with Gasteiger partial charge in [-0.05, 0) is 18.1 Å². The zero-order valence-electron chi connectivity index (χ0n) is 9.81. The number of aryl methyl sites for hydroxylation is 1. The molecule has 1 aromatic heterocycles. The first-order valence-electron chi connectivity index (χ1n) is 5.31. The van der Waals surface area contributed by atoms with Crippen LogP contribution in [0.2, 0.25) is 0 Å². The average Bonchev–Trinajstić information content (AvgIpc) is 2.39. The highest BCUT2D eigenvalue weighted by atomic mass is 16.5. The highest BCUT2D eigenvalue weighted by molar-refractivity contribution is 5.77. The summed E-state index contributed by atoms with van der Waals surface area (Å²) in [5.41, 5.74) is 3.86. The molecule has 1 heterocycles. The summed E-state index contributed by atoms with van der Waals surface area (Å²) in [5, 5.41) is 0. The third-order valence-corrected chi connectivity index (χ3v) is 2.65. The number of aldehydes is 1. The van der Waals surface area contributed by atoms with Gasteiger partial charge < -0.3 is 4.74 Å². The normalized spacial score (nSPS) is 10.0. The quantitative estimate of drug-likeness (QED) is 0.757. The van der Waals surface area contributed by atoms with Gasteiger partial charge in [0.05, 0.1) is 7.11 Å². The maximum absolute atomic E-state index is 10.6. The number of aromatic nitrogens is 1. The molecule has 2 aromatic rings. The zero-order chi connectivity index (χ0) is 12.3. The highest BCUT2D eigenvalue weighted by Gasteiger charge is 2.04. The van der Waals surface area contributed by atoms with E-state index in [0.29, 0.717) is 11.4 Å². The summed E-state index contributed by atoms with van der Waals surface area (Å²) in [4.78, 5) is 14.8. The summed E-state index contributed by atoms with van der Waals surface area (Å²) in [6.07, 6.45) is 2.62. The molecule has 0 aliphatic carbocycles. The Balaban J connectivity index is 2.41. The molecule has 2 rings (SSSR count). The molecule has 0 spiro atoms. The standard InChI is InChI=1S/C14H13NO2/c1-10-7-14(17-2)15-8-13(10)12-5-3-11(9-16)4-6-12/h3-9H,1-2H3. The summed E-state index contributed by atoms with van der Waals surface area (Å²) in [6.45, 7) is 2.01. The molecule has 3 nitrogen and oxygen atoms in total. The van der Waals surface area contributed by atoms with E-state index in [0.717, 1.165) is 23.0 Å². The smallest absolute Gasteiger partial charge is 0.213 e. The number of hydrogen-bond acceptors (Lipinski definition) is 3. The predicted octanol–water partition coefficient (Wildman–Crippen LogP) is 2.88. The molecule has 0 bridgehead atoms. The van der Waals surface area contributed by atoms with E-state index in [2.05, 4.69) is 4.98 Å². The maximum atomic E-state index is 10.6. The lowest BCUT2D eigenvalue weighted by Crippen LogP contribution is -1.91. The van der Waals surface area contributed by atoms with E-state index in [1.165, 1.54) is 0 Å². The molecule has 0 fully saturated rings. The molecule has 0 saturated carbocycles. The van der Waals surface area contributed by atoms with Gasteiger partial charge in [0.25, 0.3) is 0 Å². The van der Waals surface area contributed by atoms with Crippen molar-refractivity contribution in [1.29, 1.82) is 0 Å². The largest absolute Gasteiger partial charge is 0.481 e. The summed E-state index contributed by atoms with van der Waals surface area (Å²) in [7, 11) is 1.60. The first kappa shape index (κ1) is 11.3. The van der Waals surface area contributed by atoms with Crippen molar-refractivity contribution in [2.24, 2.45) is 0 Å². The van der Waals surface area contributed by atoms with Crippen LogP contribution < -0.4 is 4.74 Å². The molecule has 0 radical (unpaired) electrons. The fourth-order valence-corrected chi connectivity index (χ4v) is 1.69. The molecule has 0 atom stereocenters. The van der Waals surface area contributed by atoms with Crippen LogP contribution in [0.25, 0.3) is 11.1 Å². The van der Waals surface area contributed by atoms with Crippen molar-refractivity contribution >= 4 is 6.29 Å². The van der Waals surface area contributed by atoms with Crippen molar-refractivity contribution in [3.8, 4) is 17.0 Å². The number of rotatable bonds is 3. The van der Waals surface area contributed by atoms with Crippen LogP contribution >= 0.6 is 0 Å². The van der Waals surface area contributed by atoms with E-state index >= 15 is 0 Å². The molecule has 0 N–H and O–H groups in total. The number of nitrogens with zero attached hydrogens (tertiary/aromatic N) is 1. The second-order valence-corrected chi connectivity index (χ2v) is 3.78. The zero-order valence-corrected chi connectivity index (χ0v) is 9.81. The Morgan fingerprint density at radius 3 is 2.47 bits per heavy atom. The van der Waals surface area contributed by atoms with E-state index in [1.807, 2.05) is 25.1 Å². The lowest BCUT2D eigenvalue weighted by molar-refractivity contribution is 0.112. The van der Waals surface area contributed by atoms with Crippen LogP contribution in [0, 0.1) is 6.92 Å². The molecular formula is C14H13NO2. The van der Waals surface area contributed by atoms with Crippen molar-refractivity contribution in [3.05, 3.63) is 47.7 Å². The molecule has 17 heavy (non-hydrogen) atoms. The lowest BCUT2D eigenvalue weighted by Gasteiger charge is -2.07. The lowest BCUT2D eigenvalue weighted by atomic mass is 10.0. The first-order chi connectivity index (χ1) is 8.24. The van der Waals surface area contributed by atoms with E-state index < -0.39 is 0 Å². The molecule has 0 saturated heterocycles. The first-order valence-corrected chi connectivity index (χ1v) is 5.31. The number of carbonyl (C=O) groups is 1. The molecular weight excluding hydrogens is 214 g/mol. The number of carbonyl (C=O) groups excluding carboxylic acids is 1. The number of ether oxygens (including phenoxy) is 1. The molecule has 0 aliphatic rings. The van der Waals surface area contributed by atoms with Gasteiger partial charge in [-0.15, -0.1) is 0 Å². The third kappa shape index (κ3) is 2.33. The predicted molar refractivity (Wildman–Crippen MR) is 66.3 cm³/mol. The molecule has 0 aliphatic heterocycles. The van der Waals surface area contributed by atoms with Gasteiger partial charge >= 0.3 is 0 Å². The topological polar surface area (TPSA) is 39.2 Å². The van der Waals surface area contributed by atoms with E-state index in [9.17, 15) is 4.79 Å². The number of pyridine rings is 1. The maximum Gasteiger partial charge on any atom is 0.213 e. The Hall–Kier alpha value is -2.16. The van der Waals surface area contributed by atoms with Crippen LogP contribution in [0.3, 0.4) is 0 Å². The number of methoxy groups -OCH3 is 1. The van der Waals surface area contributed by atoms with Gasteiger partial charge in [0.15, 0.2) is 0 Å². The van der Waals surface area contributed by atoms with Crippen molar-refractivity contribution in [3.63, 3.8) is 0 Å². The summed E-state index contributed by atoms with van der Waals surface area (Å²) < 4.78 is 5.06. The molecule has 3 heteroatoms. The van der Waals surface area contributed by atoms with Gasteiger partial charge in [0, 0.05) is 23.4 Å². The van der Waals surface area contributed by atoms with E-state index in [-0.39, 0.29) is 0 Å². The summed E-state index contributed by atoms with van der Waals surface area (Å²) >= 11 is 0. The van der Waals surface area contributed by atoms with Crippen LogP contribution in [0.5, 0.6) is 5.88 Å². The highest BCUT2D eigenvalue weighted by Crippen LogP contribution is 2.24. The molecule has 0 unspecified atom stereocenters. The minimum Gasteiger partial charge on any atom is -0.481 e. The van der Waals surface area contributed by atoms with Crippen LogP contribution in [0.15, 0.2) is 36.5 Å². The van der Waals surface area contributed by atoms with Crippen LogP contribution in [0.4, 0.5) is 0 Å². The minimum absolute atomic E-state index is 0.607. The molecule has 1 aromatic carbocycles. The van der Waals surface area contributed by atoms with E-state index in [1.54, 1.807) is 25.4 Å². The van der Waals surface area contributed by atoms with E-state index in [4.69, 9.17) is 4.74 Å². The third-order valence-electron chi connectivity index (χ3n) is 2.65. The van der Waals surface area contributed by atoms with Gasteiger partial charge in [-0.1, -0.05) is 24.3 Å². The fourth-order valence-electron chi connectivity index (χ4n) is 1.69. The van der Waals surface area contributed by atoms with Gasteiger partial charge in [0.2, 0.25) is 5.88 Å². The Bertz CT molecular complexity index is 532. The summed E-state index contributed by atoms with van der Waals surface area (Å²) in [5.74, 6) is 0.607. The number of hydrogen-bond donors (Lipinski definition) is 0. The average molecular weight is 227 g/mol. The van der Waals surface area contributed by atoms with Gasteiger partial charge in [-0.3, -0.25) is 4.79 Å². The van der Waals surface area contributed by atoms with Crippen LogP contribution in [-0.4, -0.2) is 18.4 Å². The second kappa shape index (κ2) is 4.78. The second-order valence-electron chi connectivity index (χ2n) is 3.78. The summed E-state index contributed by atoms with van der Waals surface area (Å²) in [6, 6.07) is 9.32. The van der Waals surface area contributed by atoms with Gasteiger partial charge in [-0.25, -0.2) is 4.98 Å². The van der Waals surface area contributed by atoms with Crippen LogP contribution in [0.1, 0.15) is 15.9 Å². The van der Waals surface area contributed by atoms with Crippen molar-refractivity contribution in [2.45, 2.75) is 6.92 Å². The Morgan fingerprint density at radius 2 is 1.94 bits per heavy atom.